The van der Waals surface area contributed by atoms with Crippen molar-refractivity contribution in [3.8, 4) is 0 Å². The van der Waals surface area contributed by atoms with Crippen molar-refractivity contribution in [2.75, 3.05) is 19.0 Å². The number of hydrogen-bond donors (Lipinski definition) is 1. The van der Waals surface area contributed by atoms with E-state index in [9.17, 15) is 0 Å². The Morgan fingerprint density at radius 1 is 1.54 bits per heavy atom. The summed E-state index contributed by atoms with van der Waals surface area (Å²) in [6, 6.07) is 0. The minimum Gasteiger partial charge on any atom is -0.350 e. The third-order valence-corrected chi connectivity index (χ3v) is 2.62. The highest BCUT2D eigenvalue weighted by Gasteiger charge is 2.15. The molecule has 0 amide bonds. The Labute approximate surface area is 80.2 Å². The molecule has 0 aliphatic carbocycles. The fourth-order valence-electron chi connectivity index (χ4n) is 1.09. The van der Waals surface area contributed by atoms with E-state index in [-0.39, 0.29) is 6.29 Å². The summed E-state index contributed by atoms with van der Waals surface area (Å²) in [4.78, 5) is 0. The zero-order valence-electron chi connectivity index (χ0n) is 7.10. The van der Waals surface area contributed by atoms with E-state index in [1.807, 2.05) is 0 Å². The van der Waals surface area contributed by atoms with Gasteiger partial charge in [-0.3, -0.25) is 0 Å². The van der Waals surface area contributed by atoms with Gasteiger partial charge in [-0.1, -0.05) is 0 Å². The summed E-state index contributed by atoms with van der Waals surface area (Å²) in [5.41, 5.74) is 0. The van der Waals surface area contributed by atoms with Crippen LogP contribution in [0.4, 0.5) is 0 Å². The lowest BCUT2D eigenvalue weighted by molar-refractivity contribution is -0.0421. The van der Waals surface area contributed by atoms with Crippen molar-refractivity contribution in [1.29, 1.82) is 0 Å². The highest BCUT2D eigenvalue weighted by molar-refractivity contribution is 7.99. The molecule has 1 N–H and O–H groups in total. The summed E-state index contributed by atoms with van der Waals surface area (Å²) in [7, 11) is 0. The zero-order valence-corrected chi connectivity index (χ0v) is 7.92. The molecule has 5 nitrogen and oxygen atoms in total. The second-order valence-corrected chi connectivity index (χ2v) is 3.73. The van der Waals surface area contributed by atoms with Gasteiger partial charge in [-0.15, -0.1) is 16.9 Å². The SMILES string of the molecule is c1n[nH]nc1SCCC1OCCO1. The molecule has 0 radical (unpaired) electrons. The van der Waals surface area contributed by atoms with Crippen LogP contribution in [0.1, 0.15) is 6.42 Å². The van der Waals surface area contributed by atoms with Gasteiger partial charge in [-0.05, 0) is 0 Å². The first-order chi connectivity index (χ1) is 6.45. The minimum atomic E-state index is -0.0144. The largest absolute Gasteiger partial charge is 0.350 e. The summed E-state index contributed by atoms with van der Waals surface area (Å²) < 4.78 is 10.6. The minimum absolute atomic E-state index is 0.0144. The molecule has 1 aliphatic rings. The summed E-state index contributed by atoms with van der Waals surface area (Å²) in [6.07, 6.45) is 2.60. The van der Waals surface area contributed by atoms with E-state index in [1.54, 1.807) is 18.0 Å². The molecule has 1 aromatic rings. The lowest BCUT2D eigenvalue weighted by atomic mass is 10.5. The van der Waals surface area contributed by atoms with Gasteiger partial charge in [0.15, 0.2) is 6.29 Å². The van der Waals surface area contributed by atoms with Gasteiger partial charge in [-0.25, -0.2) is 0 Å². The quantitative estimate of drug-likeness (QED) is 0.725. The lowest BCUT2D eigenvalue weighted by Crippen LogP contribution is -2.08. The number of aromatic nitrogens is 3. The lowest BCUT2D eigenvalue weighted by Gasteiger charge is -2.06. The topological polar surface area (TPSA) is 60.0 Å². The second-order valence-electron chi connectivity index (χ2n) is 2.62. The molecule has 0 bridgehead atoms. The molecule has 6 heteroatoms. The van der Waals surface area contributed by atoms with Crippen molar-refractivity contribution in [1.82, 2.24) is 15.4 Å². The maximum Gasteiger partial charge on any atom is 0.158 e. The van der Waals surface area contributed by atoms with Gasteiger partial charge in [0, 0.05) is 12.2 Å². The van der Waals surface area contributed by atoms with Crippen LogP contribution in [-0.2, 0) is 9.47 Å². The number of hydrogen-bond acceptors (Lipinski definition) is 5. The van der Waals surface area contributed by atoms with Gasteiger partial charge in [0.2, 0.25) is 0 Å². The van der Waals surface area contributed by atoms with Crippen molar-refractivity contribution in [3.05, 3.63) is 6.20 Å². The number of H-pyrrole nitrogens is 1. The molecular formula is C7H11N3O2S. The third kappa shape index (κ3) is 2.68. The van der Waals surface area contributed by atoms with E-state index in [0.29, 0.717) is 0 Å². The highest BCUT2D eigenvalue weighted by Crippen LogP contribution is 2.17. The predicted octanol–water partition coefficient (Wildman–Crippen LogP) is 0.660. The first-order valence-corrected chi connectivity index (χ1v) is 5.15. The third-order valence-electron chi connectivity index (χ3n) is 1.69. The number of ether oxygens (including phenoxy) is 2. The van der Waals surface area contributed by atoms with Gasteiger partial charge in [-0.2, -0.15) is 10.3 Å². The normalized spacial score (nSPS) is 18.2. The number of rotatable bonds is 4. The van der Waals surface area contributed by atoms with Crippen molar-refractivity contribution in [2.24, 2.45) is 0 Å². The summed E-state index contributed by atoms with van der Waals surface area (Å²) >= 11 is 1.65. The molecule has 2 rings (SSSR count). The van der Waals surface area contributed by atoms with E-state index in [4.69, 9.17) is 9.47 Å². The van der Waals surface area contributed by atoms with Crippen LogP contribution in [0.5, 0.6) is 0 Å². The number of thioether (sulfide) groups is 1. The Balaban J connectivity index is 1.63. The molecule has 1 aromatic heterocycles. The Morgan fingerprint density at radius 2 is 2.38 bits per heavy atom. The molecule has 0 saturated carbocycles. The molecule has 0 aromatic carbocycles. The van der Waals surface area contributed by atoms with E-state index in [2.05, 4.69) is 15.4 Å². The molecule has 1 aliphatic heterocycles. The first kappa shape index (κ1) is 8.98. The standard InChI is InChI=1S/C7H11N3O2S/c1(7-11-2-3-12-7)4-13-6-5-8-10-9-6/h5,7H,1-4H2,(H,8,9,10). The predicted molar refractivity (Wildman–Crippen MR) is 47.4 cm³/mol. The van der Waals surface area contributed by atoms with Crippen LogP contribution in [0.3, 0.4) is 0 Å². The van der Waals surface area contributed by atoms with E-state index in [0.717, 1.165) is 30.4 Å². The van der Waals surface area contributed by atoms with Gasteiger partial charge in [0.05, 0.1) is 19.4 Å². The second kappa shape index (κ2) is 4.59. The molecular weight excluding hydrogens is 190 g/mol. The van der Waals surface area contributed by atoms with Gasteiger partial charge < -0.3 is 9.47 Å². The number of nitrogens with zero attached hydrogens (tertiary/aromatic N) is 2. The highest BCUT2D eigenvalue weighted by atomic mass is 32.2. The van der Waals surface area contributed by atoms with E-state index < -0.39 is 0 Å². The van der Waals surface area contributed by atoms with E-state index in [1.165, 1.54) is 0 Å². The van der Waals surface area contributed by atoms with Crippen LogP contribution in [0.15, 0.2) is 11.2 Å². The van der Waals surface area contributed by atoms with Crippen molar-refractivity contribution in [2.45, 2.75) is 17.7 Å². The molecule has 1 saturated heterocycles. The van der Waals surface area contributed by atoms with Crippen molar-refractivity contribution < 1.29 is 9.47 Å². The molecule has 0 unspecified atom stereocenters. The fraction of sp³-hybridized carbons (Fsp3) is 0.714. The van der Waals surface area contributed by atoms with Crippen LogP contribution >= 0.6 is 11.8 Å². The maximum atomic E-state index is 5.29. The molecule has 72 valence electrons. The molecule has 1 fully saturated rings. The molecule has 13 heavy (non-hydrogen) atoms. The summed E-state index contributed by atoms with van der Waals surface area (Å²) in [5, 5.41) is 11.1. The maximum absolute atomic E-state index is 5.29. The Hall–Kier alpha value is -0.590. The average Bonchev–Trinajstić information content (AvgIpc) is 2.75. The average molecular weight is 201 g/mol. The van der Waals surface area contributed by atoms with Gasteiger partial charge in [0.25, 0.3) is 0 Å². The number of nitrogens with one attached hydrogen (secondary N) is 1. The fourth-order valence-corrected chi connectivity index (χ4v) is 1.85. The smallest absolute Gasteiger partial charge is 0.158 e. The molecule has 0 atom stereocenters. The zero-order chi connectivity index (χ0) is 8.93. The molecule has 2 heterocycles. The van der Waals surface area contributed by atoms with Crippen LogP contribution in [-0.4, -0.2) is 40.7 Å². The van der Waals surface area contributed by atoms with Gasteiger partial charge >= 0.3 is 0 Å². The van der Waals surface area contributed by atoms with Crippen LogP contribution in [0, 0.1) is 0 Å². The van der Waals surface area contributed by atoms with Crippen molar-refractivity contribution in [3.63, 3.8) is 0 Å². The summed E-state index contributed by atoms with van der Waals surface area (Å²) in [5.74, 6) is 0.942. The number of aromatic amines is 1. The first-order valence-electron chi connectivity index (χ1n) is 4.17. The Morgan fingerprint density at radius 3 is 3.08 bits per heavy atom. The van der Waals surface area contributed by atoms with Crippen LogP contribution in [0.2, 0.25) is 0 Å². The molecule has 0 spiro atoms. The van der Waals surface area contributed by atoms with E-state index >= 15 is 0 Å². The summed E-state index contributed by atoms with van der Waals surface area (Å²) in [6.45, 7) is 1.44. The monoisotopic (exact) mass is 201 g/mol. The Bertz CT molecular complexity index is 236. The van der Waals surface area contributed by atoms with Crippen LogP contribution < -0.4 is 0 Å². The van der Waals surface area contributed by atoms with Crippen molar-refractivity contribution >= 4 is 11.8 Å². The Kier molecular flexibility index (Phi) is 3.17. The van der Waals surface area contributed by atoms with Crippen LogP contribution in [0.25, 0.3) is 0 Å². The van der Waals surface area contributed by atoms with Gasteiger partial charge in [0.1, 0.15) is 5.03 Å².